The molecule has 0 spiro atoms. The highest BCUT2D eigenvalue weighted by Crippen LogP contribution is 1.98. The molecule has 0 amide bonds. The van der Waals surface area contributed by atoms with Crippen molar-refractivity contribution in [2.45, 2.75) is 37.5 Å². The summed E-state index contributed by atoms with van der Waals surface area (Å²) in [6.07, 6.45) is 2.43. The summed E-state index contributed by atoms with van der Waals surface area (Å²) in [5.74, 6) is -1.15. The third-order valence-electron chi connectivity index (χ3n) is 2.35. The lowest BCUT2D eigenvalue weighted by atomic mass is 10.1. The zero-order valence-electron chi connectivity index (χ0n) is 11.6. The summed E-state index contributed by atoms with van der Waals surface area (Å²) in [6.45, 7) is 0.145. The van der Waals surface area contributed by atoms with E-state index in [1.54, 1.807) is 11.8 Å². The number of hydrogen-bond donors (Lipinski definition) is 6. The average Bonchev–Trinajstić information content (AvgIpc) is 2.41. The molecule has 1 unspecified atom stereocenters. The molecule has 0 bridgehead atoms. The van der Waals surface area contributed by atoms with Crippen molar-refractivity contribution in [3.8, 4) is 0 Å². The zero-order valence-corrected chi connectivity index (χ0v) is 12.4. The highest BCUT2D eigenvalue weighted by atomic mass is 32.2. The van der Waals surface area contributed by atoms with Crippen LogP contribution in [0.3, 0.4) is 0 Å². The molecule has 0 aliphatic heterocycles. The first-order valence-electron chi connectivity index (χ1n) is 6.10. The third-order valence-corrected chi connectivity index (χ3v) is 2.99. The number of carboxylic acids is 2. The fraction of sp³-hybridized carbons (Fsp3) is 0.818. The molecular formula is C11H25N3O5S. The smallest absolute Gasteiger partial charge is 0.320 e. The van der Waals surface area contributed by atoms with Crippen LogP contribution in [0.1, 0.15) is 19.3 Å². The molecule has 0 aromatic carbocycles. The molecule has 0 radical (unpaired) electrons. The van der Waals surface area contributed by atoms with Gasteiger partial charge in [-0.3, -0.25) is 9.59 Å². The molecule has 8 nitrogen and oxygen atoms in total. The highest BCUT2D eigenvalue weighted by molar-refractivity contribution is 7.98. The Morgan fingerprint density at radius 1 is 1.05 bits per heavy atom. The van der Waals surface area contributed by atoms with Gasteiger partial charge in [0.2, 0.25) is 0 Å². The van der Waals surface area contributed by atoms with Crippen molar-refractivity contribution in [2.75, 3.05) is 18.6 Å². The van der Waals surface area contributed by atoms with Crippen LogP contribution >= 0.6 is 11.8 Å². The predicted octanol–water partition coefficient (Wildman–Crippen LogP) is -1.35. The Balaban J connectivity index is 0. The van der Waals surface area contributed by atoms with Crippen molar-refractivity contribution in [3.63, 3.8) is 0 Å². The molecule has 0 aromatic heterocycles. The molecule has 0 aliphatic carbocycles. The Morgan fingerprint density at radius 3 is 1.85 bits per heavy atom. The van der Waals surface area contributed by atoms with Crippen molar-refractivity contribution in [2.24, 2.45) is 17.2 Å². The predicted molar refractivity (Wildman–Crippen MR) is 78.5 cm³/mol. The number of aliphatic hydroxyl groups excluding tert-OH is 1. The van der Waals surface area contributed by atoms with Crippen LogP contribution in [-0.4, -0.2) is 64.0 Å². The van der Waals surface area contributed by atoms with Gasteiger partial charge in [-0.25, -0.2) is 0 Å². The van der Waals surface area contributed by atoms with Gasteiger partial charge in [-0.1, -0.05) is 0 Å². The maximum absolute atomic E-state index is 10.2. The van der Waals surface area contributed by atoms with Crippen molar-refractivity contribution in [3.05, 3.63) is 0 Å². The van der Waals surface area contributed by atoms with Crippen molar-refractivity contribution in [1.29, 1.82) is 0 Å². The topological polar surface area (TPSA) is 173 Å². The first kappa shape index (κ1) is 21.4. The Morgan fingerprint density at radius 2 is 1.50 bits per heavy atom. The maximum Gasteiger partial charge on any atom is 0.320 e. The first-order chi connectivity index (χ1) is 9.26. The molecule has 120 valence electrons. The van der Waals surface area contributed by atoms with E-state index in [0.717, 1.165) is 5.75 Å². The first-order valence-corrected chi connectivity index (χ1v) is 7.49. The van der Waals surface area contributed by atoms with Crippen LogP contribution in [0.5, 0.6) is 0 Å². The molecular weight excluding hydrogens is 286 g/mol. The third kappa shape index (κ3) is 13.6. The number of aliphatic hydroxyl groups is 1. The molecule has 0 rings (SSSR count). The highest BCUT2D eigenvalue weighted by Gasteiger charge is 2.12. The van der Waals surface area contributed by atoms with Gasteiger partial charge in [-0.2, -0.15) is 11.8 Å². The van der Waals surface area contributed by atoms with E-state index < -0.39 is 30.1 Å². The Labute approximate surface area is 122 Å². The van der Waals surface area contributed by atoms with E-state index in [4.69, 9.17) is 32.5 Å². The van der Waals surface area contributed by atoms with E-state index in [-0.39, 0.29) is 13.0 Å². The molecule has 0 heterocycles. The van der Waals surface area contributed by atoms with Gasteiger partial charge >= 0.3 is 11.9 Å². The number of carbonyl (C=O) groups is 2. The minimum Gasteiger partial charge on any atom is -0.480 e. The van der Waals surface area contributed by atoms with Crippen molar-refractivity contribution < 1.29 is 24.9 Å². The minimum atomic E-state index is -1.05. The van der Waals surface area contributed by atoms with Crippen LogP contribution in [-0.2, 0) is 9.59 Å². The van der Waals surface area contributed by atoms with Crippen LogP contribution in [0.25, 0.3) is 0 Å². The van der Waals surface area contributed by atoms with Gasteiger partial charge in [0, 0.05) is 6.54 Å². The van der Waals surface area contributed by atoms with Gasteiger partial charge in [0.05, 0.1) is 6.10 Å². The van der Waals surface area contributed by atoms with Crippen LogP contribution in [0.2, 0.25) is 0 Å². The lowest BCUT2D eigenvalue weighted by Crippen LogP contribution is -2.32. The van der Waals surface area contributed by atoms with E-state index in [9.17, 15) is 9.59 Å². The summed E-state index contributed by atoms with van der Waals surface area (Å²) in [7, 11) is 0. The molecule has 20 heavy (non-hydrogen) atoms. The van der Waals surface area contributed by atoms with Gasteiger partial charge < -0.3 is 32.5 Å². The Kier molecular flexibility index (Phi) is 14.1. The zero-order chi connectivity index (χ0) is 16.1. The molecule has 0 saturated carbocycles. The summed E-state index contributed by atoms with van der Waals surface area (Å²) < 4.78 is 0. The lowest BCUT2D eigenvalue weighted by Gasteiger charge is -2.09. The maximum atomic E-state index is 10.2. The quantitative estimate of drug-likeness (QED) is 0.301. The number of aliphatic carboxylic acids is 2. The molecule has 0 fully saturated rings. The molecule has 9 heteroatoms. The molecule has 0 saturated heterocycles. The largest absolute Gasteiger partial charge is 0.480 e. The van der Waals surface area contributed by atoms with Crippen molar-refractivity contribution >= 4 is 23.7 Å². The normalized spacial score (nSPS) is 14.7. The van der Waals surface area contributed by atoms with Crippen LogP contribution in [0, 0.1) is 0 Å². The monoisotopic (exact) mass is 311 g/mol. The van der Waals surface area contributed by atoms with Crippen LogP contribution in [0.15, 0.2) is 0 Å². The van der Waals surface area contributed by atoms with Gasteiger partial charge in [0.15, 0.2) is 0 Å². The SMILES string of the molecule is CSCC[C@H](N)C(=O)O.NCC(O)CC[C@H](N)C(=O)O. The van der Waals surface area contributed by atoms with Crippen molar-refractivity contribution in [1.82, 2.24) is 0 Å². The molecule has 0 aromatic rings. The van der Waals surface area contributed by atoms with Crippen LogP contribution in [0.4, 0.5) is 0 Å². The summed E-state index contributed by atoms with van der Waals surface area (Å²) >= 11 is 1.60. The van der Waals surface area contributed by atoms with Gasteiger partial charge in [0.1, 0.15) is 12.1 Å². The van der Waals surface area contributed by atoms with Gasteiger partial charge in [-0.05, 0) is 31.3 Å². The number of thioether (sulfide) groups is 1. The number of hydrogen-bond acceptors (Lipinski definition) is 7. The van der Waals surface area contributed by atoms with E-state index >= 15 is 0 Å². The average molecular weight is 311 g/mol. The summed E-state index contributed by atoms with van der Waals surface area (Å²) in [5.41, 5.74) is 15.5. The Hall–Kier alpha value is -0.870. The van der Waals surface area contributed by atoms with Crippen LogP contribution < -0.4 is 17.2 Å². The standard InChI is InChI=1S/C6H14N2O3.C5H11NO2S/c7-3-4(9)1-2-5(8)6(10)11;1-9-3-2-4(6)5(7)8/h4-5,9H,1-3,7-8H2,(H,10,11);4H,2-3,6H2,1H3,(H,7,8)/t4?,5-;4-/m00/s1. The van der Waals surface area contributed by atoms with Gasteiger partial charge in [-0.15, -0.1) is 0 Å². The lowest BCUT2D eigenvalue weighted by molar-refractivity contribution is -0.139. The van der Waals surface area contributed by atoms with E-state index in [2.05, 4.69) is 0 Å². The fourth-order valence-electron chi connectivity index (χ4n) is 0.982. The fourth-order valence-corrected chi connectivity index (χ4v) is 1.47. The summed E-state index contributed by atoms with van der Waals surface area (Å²) in [4.78, 5) is 20.2. The molecule has 3 atom stereocenters. The number of nitrogens with two attached hydrogens (primary N) is 3. The number of carboxylic acid groups (broad SMARTS) is 2. The minimum absolute atomic E-state index is 0.145. The molecule has 0 aliphatic rings. The summed E-state index contributed by atoms with van der Waals surface area (Å²) in [6, 6.07) is -1.58. The summed E-state index contributed by atoms with van der Waals surface area (Å²) in [5, 5.41) is 25.5. The second-order valence-electron chi connectivity index (χ2n) is 4.14. The molecule has 9 N–H and O–H groups in total. The van der Waals surface area contributed by atoms with E-state index in [1.807, 2.05) is 6.26 Å². The van der Waals surface area contributed by atoms with Gasteiger partial charge in [0.25, 0.3) is 0 Å². The van der Waals surface area contributed by atoms with E-state index in [0.29, 0.717) is 12.8 Å². The Bertz CT molecular complexity index is 281. The second-order valence-corrected chi connectivity index (χ2v) is 5.12. The number of rotatable bonds is 9. The van der Waals surface area contributed by atoms with E-state index in [1.165, 1.54) is 0 Å². The second kappa shape index (κ2) is 13.1.